The lowest BCUT2D eigenvalue weighted by Crippen LogP contribution is -2.42. The molecular weight excluding hydrogens is 326 g/mol. The minimum atomic E-state index is -0.300. The number of ether oxygens (including phenoxy) is 2. The number of carbonyl (C=O) groups is 1. The fourth-order valence-electron chi connectivity index (χ4n) is 3.72. The Morgan fingerprint density at radius 2 is 1.73 bits per heavy atom. The predicted octanol–water partition coefficient (Wildman–Crippen LogP) is 3.90. The van der Waals surface area contributed by atoms with Gasteiger partial charge in [-0.25, -0.2) is 0 Å². The highest BCUT2D eigenvalue weighted by Crippen LogP contribution is 2.27. The zero-order valence-corrected chi connectivity index (χ0v) is 15.0. The van der Waals surface area contributed by atoms with Gasteiger partial charge in [-0.1, -0.05) is 42.5 Å². The molecule has 2 atom stereocenters. The molecule has 2 aliphatic rings. The molecule has 4 nitrogen and oxygen atoms in total. The van der Waals surface area contributed by atoms with Gasteiger partial charge in [0.25, 0.3) is 5.91 Å². The monoisotopic (exact) mass is 351 g/mol. The second-order valence-corrected chi connectivity index (χ2v) is 7.09. The first kappa shape index (κ1) is 17.3. The Morgan fingerprint density at radius 3 is 2.38 bits per heavy atom. The van der Waals surface area contributed by atoms with E-state index in [1.165, 1.54) is 5.56 Å². The lowest BCUT2D eigenvalue weighted by Gasteiger charge is -2.28. The van der Waals surface area contributed by atoms with Crippen LogP contribution in [0.4, 0.5) is 5.69 Å². The van der Waals surface area contributed by atoms with E-state index in [9.17, 15) is 4.79 Å². The summed E-state index contributed by atoms with van der Waals surface area (Å²) in [5.74, 6) is 0.482. The maximum Gasteiger partial charge on any atom is 0.256 e. The molecule has 2 fully saturated rings. The summed E-state index contributed by atoms with van der Waals surface area (Å²) >= 11 is 0. The summed E-state index contributed by atoms with van der Waals surface area (Å²) in [6.45, 7) is 2.91. The summed E-state index contributed by atoms with van der Waals surface area (Å²) in [4.78, 5) is 15.0. The molecule has 4 rings (SSSR count). The first-order chi connectivity index (χ1) is 12.8. The normalized spacial score (nSPS) is 22.5. The highest BCUT2D eigenvalue weighted by atomic mass is 16.5. The Hall–Kier alpha value is -2.17. The van der Waals surface area contributed by atoms with Crippen molar-refractivity contribution in [2.45, 2.75) is 25.4 Å². The number of amides is 1. The predicted molar refractivity (Wildman–Crippen MR) is 102 cm³/mol. The molecule has 0 aromatic heterocycles. The maximum absolute atomic E-state index is 13.0. The molecule has 2 aromatic rings. The van der Waals surface area contributed by atoms with E-state index >= 15 is 0 Å². The van der Waals surface area contributed by atoms with Gasteiger partial charge >= 0.3 is 0 Å². The average molecular weight is 351 g/mol. The van der Waals surface area contributed by atoms with Crippen LogP contribution in [0.2, 0.25) is 0 Å². The molecule has 0 saturated carbocycles. The van der Waals surface area contributed by atoms with Crippen molar-refractivity contribution in [1.29, 1.82) is 0 Å². The van der Waals surface area contributed by atoms with Crippen LogP contribution in [0, 0.1) is 5.92 Å². The second-order valence-electron chi connectivity index (χ2n) is 7.09. The summed E-state index contributed by atoms with van der Waals surface area (Å²) in [5, 5.41) is 0. The lowest BCUT2D eigenvalue weighted by atomic mass is 10.0. The third-order valence-corrected chi connectivity index (χ3v) is 5.22. The first-order valence-electron chi connectivity index (χ1n) is 9.47. The molecule has 2 aliphatic heterocycles. The molecule has 0 N–H and O–H groups in total. The second kappa shape index (κ2) is 8.02. The molecule has 2 heterocycles. The van der Waals surface area contributed by atoms with E-state index in [4.69, 9.17) is 9.47 Å². The Morgan fingerprint density at radius 1 is 0.962 bits per heavy atom. The quantitative estimate of drug-likeness (QED) is 0.820. The van der Waals surface area contributed by atoms with Crippen molar-refractivity contribution < 1.29 is 14.3 Å². The van der Waals surface area contributed by atoms with Gasteiger partial charge in [0.1, 0.15) is 6.10 Å². The van der Waals surface area contributed by atoms with E-state index in [1.54, 1.807) is 0 Å². The summed E-state index contributed by atoms with van der Waals surface area (Å²) in [5.41, 5.74) is 3.28. The largest absolute Gasteiger partial charge is 0.381 e. The van der Waals surface area contributed by atoms with Crippen molar-refractivity contribution >= 4 is 11.6 Å². The lowest BCUT2D eigenvalue weighted by molar-refractivity contribution is -0.127. The SMILES string of the molecule is O=C(C1CCCO1)N(CC1CCOC1)c1ccc(-c2ccccc2)cc1. The van der Waals surface area contributed by atoms with E-state index in [2.05, 4.69) is 24.3 Å². The van der Waals surface area contributed by atoms with Gasteiger partial charge in [0.2, 0.25) is 0 Å². The van der Waals surface area contributed by atoms with Crippen LogP contribution < -0.4 is 4.90 Å². The Bertz CT molecular complexity index is 717. The molecule has 2 saturated heterocycles. The molecule has 0 bridgehead atoms. The van der Waals surface area contributed by atoms with Crippen molar-refractivity contribution in [2.24, 2.45) is 5.92 Å². The van der Waals surface area contributed by atoms with Crippen molar-refractivity contribution in [1.82, 2.24) is 0 Å². The van der Waals surface area contributed by atoms with Crippen LogP contribution in [0.3, 0.4) is 0 Å². The van der Waals surface area contributed by atoms with Gasteiger partial charge < -0.3 is 14.4 Å². The highest BCUT2D eigenvalue weighted by Gasteiger charge is 2.31. The van der Waals surface area contributed by atoms with Gasteiger partial charge in [0.15, 0.2) is 0 Å². The van der Waals surface area contributed by atoms with E-state index in [0.717, 1.165) is 43.7 Å². The van der Waals surface area contributed by atoms with Crippen LogP contribution in [-0.4, -0.2) is 38.4 Å². The molecule has 2 aromatic carbocycles. The fourth-order valence-corrected chi connectivity index (χ4v) is 3.72. The van der Waals surface area contributed by atoms with Gasteiger partial charge in [-0.05, 0) is 42.5 Å². The summed E-state index contributed by atoms with van der Waals surface area (Å²) in [7, 11) is 0. The molecule has 1 amide bonds. The Labute approximate surface area is 154 Å². The first-order valence-corrected chi connectivity index (χ1v) is 9.47. The number of carbonyl (C=O) groups excluding carboxylic acids is 1. The average Bonchev–Trinajstić information content (AvgIpc) is 3.40. The minimum absolute atomic E-state index is 0.0851. The third kappa shape index (κ3) is 3.81. The van der Waals surface area contributed by atoms with Crippen molar-refractivity contribution in [3.63, 3.8) is 0 Å². The van der Waals surface area contributed by atoms with Gasteiger partial charge in [-0.3, -0.25) is 4.79 Å². The van der Waals surface area contributed by atoms with E-state index < -0.39 is 0 Å². The highest BCUT2D eigenvalue weighted by molar-refractivity contribution is 5.97. The van der Waals surface area contributed by atoms with Crippen LogP contribution in [0.15, 0.2) is 54.6 Å². The van der Waals surface area contributed by atoms with Crippen LogP contribution in [0.5, 0.6) is 0 Å². The fraction of sp³-hybridized carbons (Fsp3) is 0.409. The number of hydrogen-bond donors (Lipinski definition) is 0. The topological polar surface area (TPSA) is 38.8 Å². The van der Waals surface area contributed by atoms with Crippen molar-refractivity contribution in [3.05, 3.63) is 54.6 Å². The van der Waals surface area contributed by atoms with Crippen LogP contribution >= 0.6 is 0 Å². The summed E-state index contributed by atoms with van der Waals surface area (Å²) in [6.07, 6.45) is 2.49. The zero-order chi connectivity index (χ0) is 17.8. The van der Waals surface area contributed by atoms with Crippen LogP contribution in [0.1, 0.15) is 19.3 Å². The van der Waals surface area contributed by atoms with Crippen LogP contribution in [-0.2, 0) is 14.3 Å². The van der Waals surface area contributed by atoms with Gasteiger partial charge in [-0.2, -0.15) is 0 Å². The molecular formula is C22H25NO3. The molecule has 136 valence electrons. The number of hydrogen-bond acceptors (Lipinski definition) is 3. The molecule has 4 heteroatoms. The number of rotatable bonds is 5. The van der Waals surface area contributed by atoms with Crippen LogP contribution in [0.25, 0.3) is 11.1 Å². The van der Waals surface area contributed by atoms with E-state index in [-0.39, 0.29) is 12.0 Å². The third-order valence-electron chi connectivity index (χ3n) is 5.22. The van der Waals surface area contributed by atoms with Crippen molar-refractivity contribution in [3.8, 4) is 11.1 Å². The maximum atomic E-state index is 13.0. The molecule has 0 aliphatic carbocycles. The molecule has 26 heavy (non-hydrogen) atoms. The zero-order valence-electron chi connectivity index (χ0n) is 15.0. The standard InChI is InChI=1S/C22H25NO3/c24-22(21-7-4-13-26-21)23(15-17-12-14-25-16-17)20-10-8-19(9-11-20)18-5-2-1-3-6-18/h1-3,5-6,8-11,17,21H,4,7,12-16H2. The van der Waals surface area contributed by atoms with E-state index in [0.29, 0.717) is 19.1 Å². The van der Waals surface area contributed by atoms with Gasteiger partial charge in [0.05, 0.1) is 6.61 Å². The molecule has 2 unspecified atom stereocenters. The van der Waals surface area contributed by atoms with Gasteiger partial charge in [0, 0.05) is 31.4 Å². The Kier molecular flexibility index (Phi) is 5.32. The summed E-state index contributed by atoms with van der Waals surface area (Å²) < 4.78 is 11.2. The van der Waals surface area contributed by atoms with Gasteiger partial charge in [-0.15, -0.1) is 0 Å². The minimum Gasteiger partial charge on any atom is -0.381 e. The molecule has 0 radical (unpaired) electrons. The van der Waals surface area contributed by atoms with E-state index in [1.807, 2.05) is 35.2 Å². The number of nitrogens with zero attached hydrogens (tertiary/aromatic N) is 1. The smallest absolute Gasteiger partial charge is 0.256 e. The van der Waals surface area contributed by atoms with Crippen molar-refractivity contribution in [2.75, 3.05) is 31.3 Å². The molecule has 0 spiro atoms. The Balaban J connectivity index is 1.56. The number of benzene rings is 2. The summed E-state index contributed by atoms with van der Waals surface area (Å²) in [6, 6.07) is 18.6. The number of anilines is 1.